The molecule has 0 saturated heterocycles. The molecule has 154 valence electrons. The molecule has 2 N–H and O–H groups in total. The maximum atomic E-state index is 12.6. The van der Waals surface area contributed by atoms with Gasteiger partial charge in [-0.15, -0.1) is 0 Å². The van der Waals surface area contributed by atoms with Crippen molar-refractivity contribution < 1.29 is 8.42 Å². The van der Waals surface area contributed by atoms with E-state index in [1.165, 1.54) is 15.6 Å². The van der Waals surface area contributed by atoms with Gasteiger partial charge in [0, 0.05) is 32.0 Å². The molecule has 0 bridgehead atoms. The predicted molar refractivity (Wildman–Crippen MR) is 117 cm³/mol. The van der Waals surface area contributed by atoms with Crippen LogP contribution in [-0.2, 0) is 10.0 Å². The molecular formula is C19H24N6O2S2. The smallest absolute Gasteiger partial charge is 0.243 e. The highest BCUT2D eigenvalue weighted by Gasteiger charge is 2.21. The third-order valence-corrected chi connectivity index (χ3v) is 7.61. The lowest BCUT2D eigenvalue weighted by Crippen LogP contribution is -2.30. The number of nitrogens with zero attached hydrogens (tertiary/aromatic N) is 4. The van der Waals surface area contributed by atoms with Crippen LogP contribution in [0.1, 0.15) is 19.5 Å². The summed E-state index contributed by atoms with van der Waals surface area (Å²) in [4.78, 5) is 14.5. The minimum atomic E-state index is -3.48. The quantitative estimate of drug-likeness (QED) is 0.559. The number of anilines is 3. The van der Waals surface area contributed by atoms with Gasteiger partial charge >= 0.3 is 0 Å². The summed E-state index contributed by atoms with van der Waals surface area (Å²) in [6, 6.07) is 8.44. The van der Waals surface area contributed by atoms with Crippen molar-refractivity contribution in [1.82, 2.24) is 19.3 Å². The van der Waals surface area contributed by atoms with Gasteiger partial charge < -0.3 is 10.6 Å². The molecular weight excluding hydrogens is 408 g/mol. The number of hydrogen-bond acceptors (Lipinski definition) is 8. The summed E-state index contributed by atoms with van der Waals surface area (Å²) in [5.74, 6) is 0.431. The lowest BCUT2D eigenvalue weighted by molar-refractivity contribution is 0.445. The lowest BCUT2D eigenvalue weighted by Gasteiger charge is -2.18. The predicted octanol–water partition coefficient (Wildman–Crippen LogP) is 3.72. The Hall–Kier alpha value is -2.56. The van der Waals surface area contributed by atoms with Crippen molar-refractivity contribution in [3.05, 3.63) is 42.2 Å². The van der Waals surface area contributed by atoms with Gasteiger partial charge in [0.05, 0.1) is 21.2 Å². The number of rotatable bonds is 8. The van der Waals surface area contributed by atoms with Crippen LogP contribution in [-0.4, -0.2) is 47.8 Å². The summed E-state index contributed by atoms with van der Waals surface area (Å²) < 4.78 is 26.6. The molecule has 3 aromatic rings. The average molecular weight is 433 g/mol. The van der Waals surface area contributed by atoms with Crippen LogP contribution in [0.15, 0.2) is 41.4 Å². The lowest BCUT2D eigenvalue weighted by atomic mass is 10.3. The first-order chi connectivity index (χ1) is 13.9. The molecule has 2 aromatic heterocycles. The normalized spacial score (nSPS) is 11.6. The van der Waals surface area contributed by atoms with Gasteiger partial charge in [0.1, 0.15) is 0 Å². The Morgan fingerprint density at radius 2 is 1.76 bits per heavy atom. The van der Waals surface area contributed by atoms with Crippen LogP contribution in [0.5, 0.6) is 0 Å². The molecule has 1 aromatic carbocycles. The molecule has 8 nitrogen and oxygen atoms in total. The molecule has 0 amide bonds. The molecule has 29 heavy (non-hydrogen) atoms. The zero-order valence-electron chi connectivity index (χ0n) is 16.8. The third-order valence-electron chi connectivity index (χ3n) is 4.35. The number of nitrogens with one attached hydrogen (secondary N) is 2. The van der Waals surface area contributed by atoms with Crippen LogP contribution >= 0.6 is 11.3 Å². The fourth-order valence-electron chi connectivity index (χ4n) is 2.84. The fraction of sp³-hybridized carbons (Fsp3) is 0.316. The average Bonchev–Trinajstić information content (AvgIpc) is 3.10. The first-order valence-electron chi connectivity index (χ1n) is 9.24. The Morgan fingerprint density at radius 3 is 2.34 bits per heavy atom. The minimum absolute atomic E-state index is 0.265. The summed E-state index contributed by atoms with van der Waals surface area (Å²) in [7, 11) is -1.64. The molecule has 0 radical (unpaired) electrons. The van der Waals surface area contributed by atoms with Gasteiger partial charge in [-0.25, -0.2) is 23.4 Å². The summed E-state index contributed by atoms with van der Waals surface area (Å²) >= 11 is 1.53. The van der Waals surface area contributed by atoms with E-state index in [2.05, 4.69) is 25.6 Å². The molecule has 0 saturated carbocycles. The highest BCUT2D eigenvalue weighted by atomic mass is 32.2. The third kappa shape index (κ3) is 4.55. The molecule has 0 aliphatic heterocycles. The zero-order valence-corrected chi connectivity index (χ0v) is 18.4. The van der Waals surface area contributed by atoms with Crippen LogP contribution < -0.4 is 10.6 Å². The standard InChI is InChI=1S/C19H24N6O2S2/c1-5-25(6-2)29(26,27)15-9-7-14(8-10-15)23-18-21-12-11-16(24-18)17-13(3)22-19(20-4)28-17/h7-12H,5-6H2,1-4H3,(H,20,22)(H,21,23,24). The van der Waals surface area contributed by atoms with Crippen LogP contribution in [0.3, 0.4) is 0 Å². The summed E-state index contributed by atoms with van der Waals surface area (Å²) in [6.07, 6.45) is 1.68. The van der Waals surface area contributed by atoms with Crippen molar-refractivity contribution in [3.63, 3.8) is 0 Å². The molecule has 0 atom stereocenters. The summed E-state index contributed by atoms with van der Waals surface area (Å²) in [5, 5.41) is 7.00. The van der Waals surface area contributed by atoms with E-state index in [4.69, 9.17) is 0 Å². The van der Waals surface area contributed by atoms with Gasteiger partial charge in [-0.3, -0.25) is 0 Å². The maximum absolute atomic E-state index is 12.6. The van der Waals surface area contributed by atoms with E-state index >= 15 is 0 Å². The van der Waals surface area contributed by atoms with Crippen LogP contribution in [0.2, 0.25) is 0 Å². The Morgan fingerprint density at radius 1 is 1.07 bits per heavy atom. The number of benzene rings is 1. The van der Waals surface area contributed by atoms with Crippen molar-refractivity contribution in [2.75, 3.05) is 30.8 Å². The van der Waals surface area contributed by atoms with Crippen LogP contribution in [0.4, 0.5) is 16.8 Å². The van der Waals surface area contributed by atoms with E-state index in [1.54, 1.807) is 30.5 Å². The summed E-state index contributed by atoms with van der Waals surface area (Å²) in [6.45, 7) is 6.46. The highest BCUT2D eigenvalue weighted by molar-refractivity contribution is 7.89. The molecule has 0 fully saturated rings. The van der Waals surface area contributed by atoms with Crippen molar-refractivity contribution in [2.45, 2.75) is 25.7 Å². The second-order valence-electron chi connectivity index (χ2n) is 6.19. The van der Waals surface area contributed by atoms with Crippen molar-refractivity contribution in [2.24, 2.45) is 0 Å². The van der Waals surface area contributed by atoms with Gasteiger partial charge in [0.2, 0.25) is 16.0 Å². The van der Waals surface area contributed by atoms with E-state index in [9.17, 15) is 8.42 Å². The summed E-state index contributed by atoms with van der Waals surface area (Å²) in [5.41, 5.74) is 2.38. The number of sulfonamides is 1. The Bertz CT molecular complexity index is 1080. The van der Waals surface area contributed by atoms with Gasteiger partial charge in [0.15, 0.2) is 5.13 Å². The topological polar surface area (TPSA) is 100 Å². The van der Waals surface area contributed by atoms with E-state index in [0.29, 0.717) is 24.7 Å². The number of hydrogen-bond donors (Lipinski definition) is 2. The van der Waals surface area contributed by atoms with Crippen LogP contribution in [0.25, 0.3) is 10.6 Å². The number of aromatic nitrogens is 3. The molecule has 0 spiro atoms. The molecule has 2 heterocycles. The molecule has 0 aliphatic carbocycles. The zero-order chi connectivity index (χ0) is 21.0. The Balaban J connectivity index is 1.81. The largest absolute Gasteiger partial charge is 0.365 e. The molecule has 3 rings (SSSR count). The van der Waals surface area contributed by atoms with E-state index in [1.807, 2.05) is 33.9 Å². The van der Waals surface area contributed by atoms with E-state index < -0.39 is 10.0 Å². The molecule has 10 heteroatoms. The Labute approximate surface area is 175 Å². The number of thiazole rings is 1. The first-order valence-corrected chi connectivity index (χ1v) is 11.5. The van der Waals surface area contributed by atoms with Gasteiger partial charge in [0.25, 0.3) is 0 Å². The fourth-order valence-corrected chi connectivity index (χ4v) is 5.19. The second-order valence-corrected chi connectivity index (χ2v) is 9.12. The minimum Gasteiger partial charge on any atom is -0.365 e. The monoisotopic (exact) mass is 432 g/mol. The van der Waals surface area contributed by atoms with Gasteiger partial charge in [-0.05, 0) is 37.3 Å². The number of aryl methyl sites for hydroxylation is 1. The van der Waals surface area contributed by atoms with E-state index in [0.717, 1.165) is 21.4 Å². The van der Waals surface area contributed by atoms with Crippen molar-refractivity contribution in [1.29, 1.82) is 0 Å². The first kappa shape index (κ1) is 21.2. The van der Waals surface area contributed by atoms with Crippen molar-refractivity contribution >= 4 is 38.1 Å². The maximum Gasteiger partial charge on any atom is 0.243 e. The van der Waals surface area contributed by atoms with Gasteiger partial charge in [-0.2, -0.15) is 4.31 Å². The Kier molecular flexibility index (Phi) is 6.46. The van der Waals surface area contributed by atoms with Crippen molar-refractivity contribution in [3.8, 4) is 10.6 Å². The second kappa shape index (κ2) is 8.85. The van der Waals surface area contributed by atoms with Gasteiger partial charge in [-0.1, -0.05) is 25.2 Å². The SMILES string of the molecule is CCN(CC)S(=O)(=O)c1ccc(Nc2nccc(-c3sc(NC)nc3C)n2)cc1. The molecule has 0 aliphatic rings. The highest BCUT2D eigenvalue weighted by Crippen LogP contribution is 2.31. The molecule has 0 unspecified atom stereocenters. The van der Waals surface area contributed by atoms with E-state index in [-0.39, 0.29) is 4.90 Å². The van der Waals surface area contributed by atoms with Crippen LogP contribution in [0, 0.1) is 6.92 Å².